The maximum atomic E-state index is 9.32. The van der Waals surface area contributed by atoms with E-state index >= 15 is 0 Å². The van der Waals surface area contributed by atoms with Gasteiger partial charge in [0.05, 0.1) is 64.0 Å². The number of rotatable bonds is 10. The van der Waals surface area contributed by atoms with Gasteiger partial charge in [-0.05, 0) is 205 Å². The molecular formula is C48H96N4O7P2. The van der Waals surface area contributed by atoms with Gasteiger partial charge in [-0.2, -0.15) is 0 Å². The molecule has 0 amide bonds. The van der Waals surface area contributed by atoms with Crippen molar-refractivity contribution in [2.45, 2.75) is 305 Å². The van der Waals surface area contributed by atoms with Gasteiger partial charge in [0.25, 0.3) is 0 Å². The van der Waals surface area contributed by atoms with Crippen LogP contribution in [0.1, 0.15) is 257 Å². The fourth-order valence-electron chi connectivity index (χ4n) is 12.3. The van der Waals surface area contributed by atoms with Crippen LogP contribution in [0.4, 0.5) is 0 Å². The quantitative estimate of drug-likeness (QED) is 0.207. The van der Waals surface area contributed by atoms with Crippen molar-refractivity contribution < 1.29 is 54.3 Å². The van der Waals surface area contributed by atoms with Crippen molar-refractivity contribution >= 4 is 15.6 Å². The summed E-state index contributed by atoms with van der Waals surface area (Å²) in [5.74, 6) is 0. The zero-order valence-corrected chi connectivity index (χ0v) is 40.8. The summed E-state index contributed by atoms with van der Waals surface area (Å²) in [5.41, 5.74) is 0. The van der Waals surface area contributed by atoms with E-state index in [2.05, 4.69) is 25.6 Å². The molecule has 0 heterocycles. The van der Waals surface area contributed by atoms with Gasteiger partial charge in [-0.1, -0.05) is 51.4 Å². The minimum absolute atomic E-state index is 0.997. The molecule has 8 aliphatic carbocycles. The van der Waals surface area contributed by atoms with E-state index in [9.17, 15) is 28.7 Å². The number of hydrogen-bond donors (Lipinski definition) is 4. The van der Waals surface area contributed by atoms with E-state index in [1.54, 1.807) is 0 Å². The lowest BCUT2D eigenvalue weighted by Gasteiger charge is -2.39. The summed E-state index contributed by atoms with van der Waals surface area (Å²) in [4.78, 5) is 37.3. The van der Waals surface area contributed by atoms with Crippen molar-refractivity contribution in [2.75, 3.05) is 0 Å². The molecule has 8 saturated carbocycles. The Kier molecular flexibility index (Phi) is 28.1. The van der Waals surface area contributed by atoms with E-state index < -0.39 is 15.6 Å². The number of hydrogen-bond acceptors (Lipinski definition) is 7. The van der Waals surface area contributed by atoms with Crippen LogP contribution < -0.4 is 40.8 Å². The second-order valence-electron chi connectivity index (χ2n) is 20.9. The Morgan fingerprint density at radius 1 is 0.246 bits per heavy atom. The zero-order chi connectivity index (χ0) is 43.4. The van der Waals surface area contributed by atoms with E-state index in [0.29, 0.717) is 0 Å². The van der Waals surface area contributed by atoms with Gasteiger partial charge < -0.3 is 54.3 Å². The molecule has 8 N–H and O–H groups in total. The molecule has 0 aromatic rings. The lowest BCUT2D eigenvalue weighted by Crippen LogP contribution is -2.95. The molecule has 0 aliphatic heterocycles. The van der Waals surface area contributed by atoms with E-state index in [4.69, 9.17) is 0 Å². The summed E-state index contributed by atoms with van der Waals surface area (Å²) in [6.07, 6.45) is 59.8. The molecule has 0 radical (unpaired) electrons. The summed E-state index contributed by atoms with van der Waals surface area (Å²) in [6, 6.07) is 7.98. The first-order valence-electron chi connectivity index (χ1n) is 26.7. The lowest BCUT2D eigenvalue weighted by molar-refractivity contribution is -0.726. The molecule has 0 saturated heterocycles. The van der Waals surface area contributed by atoms with Crippen molar-refractivity contribution in [2.24, 2.45) is 0 Å². The van der Waals surface area contributed by atoms with Crippen LogP contribution in [0.15, 0.2) is 0 Å². The summed E-state index contributed by atoms with van der Waals surface area (Å²) >= 11 is 0. The van der Waals surface area contributed by atoms with Crippen molar-refractivity contribution in [1.82, 2.24) is 0 Å². The fraction of sp³-hybridized carbons (Fsp3) is 1.00. The predicted octanol–water partition coefficient (Wildman–Crippen LogP) is 5.52. The van der Waals surface area contributed by atoms with Gasteiger partial charge in [-0.3, -0.25) is 0 Å². The summed E-state index contributed by atoms with van der Waals surface area (Å²) in [5, 5.41) is 10.9. The van der Waals surface area contributed by atoms with Crippen molar-refractivity contribution in [3.63, 3.8) is 0 Å². The third-order valence-electron chi connectivity index (χ3n) is 15.6. The Bertz CT molecular complexity index is 925. The lowest BCUT2D eigenvalue weighted by atomic mass is 9.91. The predicted molar refractivity (Wildman–Crippen MR) is 239 cm³/mol. The minimum atomic E-state index is -5.68. The molecular weight excluding hydrogens is 806 g/mol. The molecule has 0 aromatic heterocycles. The molecule has 8 fully saturated rings. The van der Waals surface area contributed by atoms with Crippen molar-refractivity contribution in [3.05, 3.63) is 0 Å². The SMILES string of the molecule is C1CCC([NH2+]C2CCCCC2)CC1.C1CCC([NH2+]C2CCCCC2)CC1.C1CCC([NH2+]C2CCCCC2)CC1.C1CCC([NH2+]C2CCCCC2)CC1.O=P([O-])([O-])OP(=O)([O-])[O-]. The van der Waals surface area contributed by atoms with Gasteiger partial charge in [0.1, 0.15) is 0 Å². The second kappa shape index (κ2) is 31.9. The zero-order valence-electron chi connectivity index (χ0n) is 39.0. The number of nitrogens with two attached hydrogens (primary N) is 4. The molecule has 0 aromatic carbocycles. The molecule has 8 aliphatic rings. The standard InChI is InChI=1S/4C12H23N.H4O7P2/c4*1-3-7-11(8-4-1)13-12-9-5-2-6-10-12;1-8(2,3)7-9(4,5)6/h4*11-13H,1-10H2;(H2,1,2,3)(H2,4,5,6). The Labute approximate surface area is 373 Å². The fourth-order valence-corrected chi connectivity index (χ4v) is 13.3. The largest absolute Gasteiger partial charge is 0.790 e. The van der Waals surface area contributed by atoms with Crippen LogP contribution in [0.3, 0.4) is 0 Å². The third-order valence-corrected chi connectivity index (χ3v) is 17.2. The summed E-state index contributed by atoms with van der Waals surface area (Å²) in [6.45, 7) is 0. The first-order valence-corrected chi connectivity index (χ1v) is 29.6. The Morgan fingerprint density at radius 3 is 0.443 bits per heavy atom. The van der Waals surface area contributed by atoms with Crippen LogP contribution in [-0.2, 0) is 13.4 Å². The molecule has 8 rings (SSSR count). The molecule has 11 nitrogen and oxygen atoms in total. The monoisotopic (exact) mass is 903 g/mol. The highest BCUT2D eigenvalue weighted by atomic mass is 31.3. The molecule has 360 valence electrons. The Hall–Kier alpha value is 0.100. The maximum Gasteiger partial charge on any atom is 0.0861 e. The van der Waals surface area contributed by atoms with Gasteiger partial charge in [0.2, 0.25) is 0 Å². The van der Waals surface area contributed by atoms with E-state index in [-0.39, 0.29) is 0 Å². The van der Waals surface area contributed by atoms with E-state index in [1.165, 1.54) is 257 Å². The smallest absolute Gasteiger partial charge is 0.0861 e. The van der Waals surface area contributed by atoms with Crippen molar-refractivity contribution in [3.8, 4) is 0 Å². The number of phosphoric acid groups is 2. The molecule has 0 unspecified atom stereocenters. The topological polar surface area (TPSA) is 202 Å². The highest BCUT2D eigenvalue weighted by Crippen LogP contribution is 2.42. The maximum absolute atomic E-state index is 9.32. The third kappa shape index (κ3) is 27.4. The number of quaternary nitrogens is 4. The van der Waals surface area contributed by atoms with Crippen LogP contribution in [0.25, 0.3) is 0 Å². The van der Waals surface area contributed by atoms with Crippen LogP contribution in [0.5, 0.6) is 0 Å². The first-order chi connectivity index (χ1) is 29.5. The van der Waals surface area contributed by atoms with Crippen LogP contribution in [0, 0.1) is 0 Å². The average molecular weight is 903 g/mol. The van der Waals surface area contributed by atoms with Gasteiger partial charge in [-0.15, -0.1) is 0 Å². The second-order valence-corrected chi connectivity index (χ2v) is 23.4. The summed E-state index contributed by atoms with van der Waals surface area (Å²) in [7, 11) is -11.4. The van der Waals surface area contributed by atoms with Crippen molar-refractivity contribution in [1.29, 1.82) is 0 Å². The van der Waals surface area contributed by atoms with Crippen LogP contribution in [0.2, 0.25) is 0 Å². The highest BCUT2D eigenvalue weighted by Gasteiger charge is 2.26. The van der Waals surface area contributed by atoms with E-state index in [1.807, 2.05) is 0 Å². The van der Waals surface area contributed by atoms with Crippen LogP contribution in [-0.4, -0.2) is 48.3 Å². The van der Waals surface area contributed by atoms with Gasteiger partial charge in [0, 0.05) is 0 Å². The Balaban J connectivity index is 0.000000169. The average Bonchev–Trinajstić information content (AvgIpc) is 3.26. The van der Waals surface area contributed by atoms with E-state index in [0.717, 1.165) is 48.3 Å². The molecule has 13 heteroatoms. The molecule has 61 heavy (non-hydrogen) atoms. The molecule has 0 spiro atoms. The Morgan fingerprint density at radius 2 is 0.361 bits per heavy atom. The minimum Gasteiger partial charge on any atom is -0.790 e. The first kappa shape index (κ1) is 53.7. The molecule has 0 bridgehead atoms. The van der Waals surface area contributed by atoms with Gasteiger partial charge >= 0.3 is 0 Å². The van der Waals surface area contributed by atoms with Gasteiger partial charge in [0.15, 0.2) is 0 Å². The van der Waals surface area contributed by atoms with Crippen LogP contribution >= 0.6 is 15.6 Å². The highest BCUT2D eigenvalue weighted by molar-refractivity contribution is 7.57. The van der Waals surface area contributed by atoms with Gasteiger partial charge in [-0.25, -0.2) is 0 Å². The summed E-state index contributed by atoms with van der Waals surface area (Å²) < 4.78 is 21.2. The molecule has 0 atom stereocenters. The normalized spacial score (nSPS) is 25.6.